The van der Waals surface area contributed by atoms with Crippen molar-refractivity contribution in [2.75, 3.05) is 6.54 Å². The first kappa shape index (κ1) is 22.5. The number of aromatic nitrogens is 1. The molecule has 4 N–H and O–H groups in total. The molecule has 0 spiro atoms. The molecule has 29 heavy (non-hydrogen) atoms. The lowest BCUT2D eigenvalue weighted by molar-refractivity contribution is 0.182. The molecule has 1 aromatic heterocycles. The maximum absolute atomic E-state index is 10.4. The molecule has 3 rings (SSSR count). The first-order valence-corrected chi connectivity index (χ1v) is 12.2. The molecule has 0 radical (unpaired) electrons. The van der Waals surface area contributed by atoms with Gasteiger partial charge in [-0.3, -0.25) is 14.1 Å². The minimum atomic E-state index is -2.78. The van der Waals surface area contributed by atoms with Crippen molar-refractivity contribution in [2.24, 2.45) is 5.41 Å². The fraction of sp³-hybridized carbons (Fsp3) is 0.609. The lowest BCUT2D eigenvalue weighted by atomic mass is 9.74. The topological polar surface area (TPSA) is 77.4 Å². The van der Waals surface area contributed by atoms with Crippen molar-refractivity contribution in [3.05, 3.63) is 48.3 Å². The highest BCUT2D eigenvalue weighted by molar-refractivity contribution is 8.23. The van der Waals surface area contributed by atoms with Gasteiger partial charge in [0, 0.05) is 24.8 Å². The van der Waals surface area contributed by atoms with E-state index in [-0.39, 0.29) is 11.5 Å². The summed E-state index contributed by atoms with van der Waals surface area (Å²) >= 11 is 0. The fourth-order valence-electron chi connectivity index (χ4n) is 3.96. The van der Waals surface area contributed by atoms with Crippen molar-refractivity contribution in [1.29, 1.82) is 0 Å². The first-order valence-electron chi connectivity index (χ1n) is 10.7. The molecular weight excluding hydrogens is 382 g/mol. The summed E-state index contributed by atoms with van der Waals surface area (Å²) in [6.45, 7) is 8.94. The normalized spacial score (nSPS) is 28.8. The third-order valence-corrected chi connectivity index (χ3v) is 8.61. The van der Waals surface area contributed by atoms with Crippen molar-refractivity contribution in [2.45, 2.75) is 76.6 Å². The molecule has 0 saturated heterocycles. The maximum atomic E-state index is 10.4. The quantitative estimate of drug-likeness (QED) is 0.497. The summed E-state index contributed by atoms with van der Waals surface area (Å²) in [5.74, 6) is 0. The van der Waals surface area contributed by atoms with Crippen LogP contribution < -0.4 is 10.0 Å². The van der Waals surface area contributed by atoms with E-state index in [0.717, 1.165) is 44.3 Å². The molecule has 1 saturated carbocycles. The summed E-state index contributed by atoms with van der Waals surface area (Å²) in [5.41, 5.74) is 2.57. The Bertz CT molecular complexity index is 732. The van der Waals surface area contributed by atoms with Gasteiger partial charge in [-0.1, -0.05) is 31.2 Å². The molecule has 2 aliphatic carbocycles. The lowest BCUT2D eigenvalue weighted by Crippen LogP contribution is -2.46. The highest BCUT2D eigenvalue weighted by Crippen LogP contribution is 2.50. The Hall–Kier alpha value is -1.18. The highest BCUT2D eigenvalue weighted by atomic mass is 32.3. The van der Waals surface area contributed by atoms with Crippen molar-refractivity contribution in [1.82, 2.24) is 15.0 Å². The van der Waals surface area contributed by atoms with Crippen LogP contribution in [-0.2, 0) is 0 Å². The van der Waals surface area contributed by atoms with Crippen LogP contribution in [0, 0.1) is 5.41 Å². The summed E-state index contributed by atoms with van der Waals surface area (Å²) in [7, 11) is -2.78. The molecule has 0 aromatic carbocycles. The van der Waals surface area contributed by atoms with E-state index in [0.29, 0.717) is 6.04 Å². The second kappa shape index (κ2) is 8.90. The molecule has 1 unspecified atom stereocenters. The molecule has 6 heteroatoms. The van der Waals surface area contributed by atoms with E-state index in [1.165, 1.54) is 5.57 Å². The number of rotatable bonds is 6. The third-order valence-electron chi connectivity index (χ3n) is 6.24. The van der Waals surface area contributed by atoms with E-state index in [2.05, 4.69) is 46.2 Å². The second-order valence-corrected chi connectivity index (χ2v) is 12.4. The van der Waals surface area contributed by atoms with Gasteiger partial charge in [0.05, 0.1) is 10.4 Å². The predicted octanol–water partition coefficient (Wildman–Crippen LogP) is 5.39. The molecule has 2 aliphatic rings. The van der Waals surface area contributed by atoms with E-state index in [4.69, 9.17) is 0 Å². The van der Waals surface area contributed by atoms with E-state index in [1.54, 1.807) is 0 Å². The Balaban J connectivity index is 1.47. The number of allylic oxidation sites excluding steroid dienone is 2. The standard InChI is InChI=1S/C23H37N3O2S/c1-22(2,3)29(27,28)26-19-11-13-23(4,14-12-19)17-25-20-9-7-8-18(16-20)21-10-5-6-15-24-21/h5-10,15,19-20,25-28H,11-14,16-17H2,1-4H3. The van der Waals surface area contributed by atoms with Crippen LogP contribution in [0.4, 0.5) is 0 Å². The molecule has 1 heterocycles. The van der Waals surface area contributed by atoms with Crippen LogP contribution in [0.3, 0.4) is 0 Å². The summed E-state index contributed by atoms with van der Waals surface area (Å²) in [6, 6.07) is 6.56. The number of nitrogens with one attached hydrogen (secondary N) is 2. The third kappa shape index (κ3) is 5.92. The average molecular weight is 420 g/mol. The van der Waals surface area contributed by atoms with Gasteiger partial charge in [0.1, 0.15) is 0 Å². The van der Waals surface area contributed by atoms with Crippen LogP contribution in [0.25, 0.3) is 5.57 Å². The van der Waals surface area contributed by atoms with Crippen molar-refractivity contribution >= 4 is 16.3 Å². The fourth-order valence-corrected chi connectivity index (χ4v) is 5.01. The zero-order chi connectivity index (χ0) is 21.1. The van der Waals surface area contributed by atoms with Crippen LogP contribution in [0.15, 0.2) is 42.6 Å². The Labute approximate surface area is 177 Å². The summed E-state index contributed by atoms with van der Waals surface area (Å²) in [5, 5.41) is 3.75. The number of hydrogen-bond acceptors (Lipinski definition) is 5. The van der Waals surface area contributed by atoms with Crippen LogP contribution in [0.2, 0.25) is 0 Å². The summed E-state index contributed by atoms with van der Waals surface area (Å²) in [6.07, 6.45) is 13.4. The van der Waals surface area contributed by atoms with E-state index < -0.39 is 15.5 Å². The molecule has 1 aromatic rings. The summed E-state index contributed by atoms with van der Waals surface area (Å²) < 4.78 is 23.5. The Kier molecular flexibility index (Phi) is 6.91. The van der Waals surface area contributed by atoms with Gasteiger partial charge in [-0.25, -0.2) is 4.72 Å². The molecule has 1 fully saturated rings. The van der Waals surface area contributed by atoms with Gasteiger partial charge in [-0.05, 0) is 76.0 Å². The van der Waals surface area contributed by atoms with Gasteiger partial charge in [0.15, 0.2) is 0 Å². The Morgan fingerprint density at radius 3 is 2.55 bits per heavy atom. The van der Waals surface area contributed by atoms with Gasteiger partial charge >= 0.3 is 0 Å². The van der Waals surface area contributed by atoms with E-state index >= 15 is 0 Å². The zero-order valence-electron chi connectivity index (χ0n) is 18.2. The smallest absolute Gasteiger partial charge is 0.0662 e. The minimum Gasteiger partial charge on any atom is -0.310 e. The van der Waals surface area contributed by atoms with Crippen LogP contribution in [-0.4, -0.2) is 37.5 Å². The van der Waals surface area contributed by atoms with Crippen molar-refractivity contribution in [3.8, 4) is 0 Å². The lowest BCUT2D eigenvalue weighted by Gasteiger charge is -2.48. The maximum Gasteiger partial charge on any atom is 0.0662 e. The molecular formula is C23H37N3O2S. The predicted molar refractivity (Wildman–Crippen MR) is 124 cm³/mol. The van der Waals surface area contributed by atoms with Crippen molar-refractivity contribution in [3.63, 3.8) is 0 Å². The van der Waals surface area contributed by atoms with Gasteiger partial charge < -0.3 is 5.32 Å². The monoisotopic (exact) mass is 419 g/mol. The highest BCUT2D eigenvalue weighted by Gasteiger charge is 2.36. The molecule has 1 atom stereocenters. The summed E-state index contributed by atoms with van der Waals surface area (Å²) in [4.78, 5) is 4.48. The second-order valence-electron chi connectivity index (χ2n) is 9.85. The van der Waals surface area contributed by atoms with Crippen molar-refractivity contribution < 1.29 is 9.11 Å². The first-order chi connectivity index (χ1) is 13.6. The number of hydrogen-bond donors (Lipinski definition) is 4. The van der Waals surface area contributed by atoms with Gasteiger partial charge in [-0.15, -0.1) is 10.8 Å². The molecule has 0 bridgehead atoms. The van der Waals surface area contributed by atoms with Gasteiger partial charge in [0.25, 0.3) is 0 Å². The Morgan fingerprint density at radius 1 is 1.21 bits per heavy atom. The molecule has 162 valence electrons. The van der Waals surface area contributed by atoms with E-state index in [1.807, 2.05) is 39.1 Å². The van der Waals surface area contributed by atoms with Crippen LogP contribution in [0.5, 0.6) is 0 Å². The molecule has 5 nitrogen and oxygen atoms in total. The van der Waals surface area contributed by atoms with Crippen LogP contribution >= 0.6 is 10.8 Å². The number of pyridine rings is 1. The van der Waals surface area contributed by atoms with Crippen LogP contribution in [0.1, 0.15) is 65.5 Å². The minimum absolute atomic E-state index is 0.181. The van der Waals surface area contributed by atoms with Gasteiger partial charge in [0.2, 0.25) is 0 Å². The van der Waals surface area contributed by atoms with E-state index in [9.17, 15) is 9.11 Å². The Morgan fingerprint density at radius 2 is 1.93 bits per heavy atom. The zero-order valence-corrected chi connectivity index (χ0v) is 19.0. The molecule has 0 amide bonds. The number of nitrogens with zero attached hydrogens (tertiary/aromatic N) is 1. The molecule has 0 aliphatic heterocycles. The van der Waals surface area contributed by atoms with Gasteiger partial charge in [-0.2, -0.15) is 0 Å². The SMILES string of the molecule is CC1(CNC2C=CC=C(c3ccccn3)C2)CCC(NS(O)(O)C(C)(C)C)CC1. The largest absolute Gasteiger partial charge is 0.310 e. The average Bonchev–Trinajstić information content (AvgIpc) is 2.68.